The van der Waals surface area contributed by atoms with E-state index in [1.54, 1.807) is 12.5 Å². The first-order valence-electron chi connectivity index (χ1n) is 8.73. The Morgan fingerprint density at radius 2 is 1.73 bits per heavy atom. The van der Waals surface area contributed by atoms with Gasteiger partial charge in [-0.1, -0.05) is 6.07 Å². The molecule has 0 saturated carbocycles. The fourth-order valence-corrected chi connectivity index (χ4v) is 3.01. The van der Waals surface area contributed by atoms with Crippen molar-refractivity contribution in [3.05, 3.63) is 48.4 Å². The number of pyridine rings is 1. The van der Waals surface area contributed by atoms with Crippen molar-refractivity contribution in [1.29, 1.82) is 0 Å². The highest BCUT2D eigenvalue weighted by Gasteiger charge is 2.52. The number of aromatic nitrogens is 1. The molecule has 2 aromatic heterocycles. The van der Waals surface area contributed by atoms with E-state index in [-0.39, 0.29) is 18.3 Å². The van der Waals surface area contributed by atoms with Crippen molar-refractivity contribution in [2.24, 2.45) is 0 Å². The molecule has 26 heavy (non-hydrogen) atoms. The first kappa shape index (κ1) is 17.1. The zero-order valence-corrected chi connectivity index (χ0v) is 15.7. The van der Waals surface area contributed by atoms with Gasteiger partial charge in [-0.2, -0.15) is 0 Å². The van der Waals surface area contributed by atoms with Gasteiger partial charge in [0, 0.05) is 6.20 Å². The van der Waals surface area contributed by atoms with Gasteiger partial charge in [-0.15, -0.1) is 0 Å². The highest BCUT2D eigenvalue weighted by molar-refractivity contribution is 6.62. The SMILES string of the molecule is Cc1cc(Oc2nccc3occc23)ccc1B1OC(C)(C)C(C)(C)O1. The van der Waals surface area contributed by atoms with Crippen molar-refractivity contribution in [2.45, 2.75) is 45.8 Å². The second-order valence-corrected chi connectivity index (χ2v) is 7.66. The third-order valence-corrected chi connectivity index (χ3v) is 5.31. The Morgan fingerprint density at radius 1 is 1.00 bits per heavy atom. The van der Waals surface area contributed by atoms with E-state index in [9.17, 15) is 0 Å². The summed E-state index contributed by atoms with van der Waals surface area (Å²) >= 11 is 0. The first-order chi connectivity index (χ1) is 12.3. The largest absolute Gasteiger partial charge is 0.495 e. The molecule has 0 amide bonds. The Balaban J connectivity index is 1.60. The monoisotopic (exact) mass is 351 g/mol. The smallest absolute Gasteiger partial charge is 0.464 e. The lowest BCUT2D eigenvalue weighted by molar-refractivity contribution is 0.00578. The quantitative estimate of drug-likeness (QED) is 0.661. The summed E-state index contributed by atoms with van der Waals surface area (Å²) in [6.07, 6.45) is 3.30. The molecule has 3 aromatic rings. The van der Waals surface area contributed by atoms with Gasteiger partial charge in [0.15, 0.2) is 0 Å². The summed E-state index contributed by atoms with van der Waals surface area (Å²) in [6.45, 7) is 10.2. The fourth-order valence-electron chi connectivity index (χ4n) is 3.01. The van der Waals surface area contributed by atoms with E-state index in [2.05, 4.69) is 32.7 Å². The van der Waals surface area contributed by atoms with Crippen molar-refractivity contribution < 1.29 is 18.5 Å². The second-order valence-electron chi connectivity index (χ2n) is 7.66. The summed E-state index contributed by atoms with van der Waals surface area (Å²) in [7, 11) is -0.385. The molecule has 0 spiro atoms. The van der Waals surface area contributed by atoms with Gasteiger partial charge >= 0.3 is 7.12 Å². The van der Waals surface area contributed by atoms with Crippen LogP contribution in [0.3, 0.4) is 0 Å². The lowest BCUT2D eigenvalue weighted by Crippen LogP contribution is -2.41. The van der Waals surface area contributed by atoms with E-state index in [1.165, 1.54) is 0 Å². The van der Waals surface area contributed by atoms with Gasteiger partial charge in [0.1, 0.15) is 11.3 Å². The molecule has 0 unspecified atom stereocenters. The molecule has 0 bridgehead atoms. The molecule has 0 N–H and O–H groups in total. The van der Waals surface area contributed by atoms with Gasteiger partial charge < -0.3 is 18.5 Å². The lowest BCUT2D eigenvalue weighted by Gasteiger charge is -2.32. The molecule has 1 aromatic carbocycles. The molecule has 1 fully saturated rings. The molecule has 134 valence electrons. The average Bonchev–Trinajstić information content (AvgIpc) is 3.10. The van der Waals surface area contributed by atoms with Crippen LogP contribution in [0.15, 0.2) is 47.2 Å². The predicted molar refractivity (Wildman–Crippen MR) is 101 cm³/mol. The Kier molecular flexibility index (Phi) is 3.86. The van der Waals surface area contributed by atoms with Crippen LogP contribution in [0.5, 0.6) is 11.6 Å². The number of rotatable bonds is 3. The molecular formula is C20H22BNO4. The van der Waals surface area contributed by atoms with Crippen LogP contribution in [-0.2, 0) is 9.31 Å². The van der Waals surface area contributed by atoms with Crippen LogP contribution >= 0.6 is 0 Å². The first-order valence-corrected chi connectivity index (χ1v) is 8.73. The minimum atomic E-state index is -0.385. The van der Waals surface area contributed by atoms with E-state index in [1.807, 2.05) is 37.3 Å². The Morgan fingerprint density at radius 3 is 2.42 bits per heavy atom. The van der Waals surface area contributed by atoms with Gasteiger partial charge in [0.2, 0.25) is 5.88 Å². The van der Waals surface area contributed by atoms with E-state index in [0.717, 1.165) is 22.0 Å². The predicted octanol–water partition coefficient (Wildman–Crippen LogP) is 4.23. The van der Waals surface area contributed by atoms with Crippen LogP contribution < -0.4 is 10.2 Å². The summed E-state index contributed by atoms with van der Waals surface area (Å²) < 4.78 is 23.7. The normalized spacial score (nSPS) is 18.4. The third-order valence-electron chi connectivity index (χ3n) is 5.31. The molecule has 0 radical (unpaired) electrons. The third kappa shape index (κ3) is 2.79. The zero-order valence-electron chi connectivity index (χ0n) is 15.7. The van der Waals surface area contributed by atoms with Crippen molar-refractivity contribution >= 4 is 23.6 Å². The van der Waals surface area contributed by atoms with E-state index in [4.69, 9.17) is 18.5 Å². The molecule has 4 rings (SSSR count). The fraction of sp³-hybridized carbons (Fsp3) is 0.350. The summed E-state index contributed by atoms with van der Waals surface area (Å²) in [5.74, 6) is 1.24. The van der Waals surface area contributed by atoms with Crippen LogP contribution in [0.2, 0.25) is 0 Å². The Hall–Kier alpha value is -2.31. The number of nitrogens with zero attached hydrogens (tertiary/aromatic N) is 1. The molecular weight excluding hydrogens is 329 g/mol. The van der Waals surface area contributed by atoms with Crippen LogP contribution in [-0.4, -0.2) is 23.3 Å². The van der Waals surface area contributed by atoms with Gasteiger partial charge in [-0.3, -0.25) is 0 Å². The number of benzene rings is 1. The maximum absolute atomic E-state index is 6.15. The second kappa shape index (κ2) is 5.86. The number of fused-ring (bicyclic) bond motifs is 1. The molecule has 5 nitrogen and oxygen atoms in total. The van der Waals surface area contributed by atoms with Crippen molar-refractivity contribution in [2.75, 3.05) is 0 Å². The summed E-state index contributed by atoms with van der Waals surface area (Å²) in [5.41, 5.74) is 2.08. The van der Waals surface area contributed by atoms with Gasteiger partial charge in [-0.25, -0.2) is 4.98 Å². The maximum Gasteiger partial charge on any atom is 0.495 e. The molecule has 1 saturated heterocycles. The molecule has 0 atom stereocenters. The maximum atomic E-state index is 6.15. The Bertz CT molecular complexity index is 947. The number of furan rings is 1. The number of hydrogen-bond donors (Lipinski definition) is 0. The Labute approximate surface area is 153 Å². The molecule has 3 heterocycles. The molecule has 1 aliphatic heterocycles. The van der Waals surface area contributed by atoms with Crippen molar-refractivity contribution in [3.8, 4) is 11.6 Å². The zero-order chi connectivity index (χ0) is 18.5. The number of aryl methyl sites for hydroxylation is 1. The van der Waals surface area contributed by atoms with Crippen molar-refractivity contribution in [3.63, 3.8) is 0 Å². The highest BCUT2D eigenvalue weighted by Crippen LogP contribution is 2.37. The number of ether oxygens (including phenoxy) is 1. The highest BCUT2D eigenvalue weighted by atomic mass is 16.7. The summed E-state index contributed by atoms with van der Waals surface area (Å²) in [6, 6.07) is 9.54. The molecule has 1 aliphatic rings. The van der Waals surface area contributed by atoms with Crippen molar-refractivity contribution in [1.82, 2.24) is 4.98 Å². The van der Waals surface area contributed by atoms with Crippen LogP contribution in [0.1, 0.15) is 33.3 Å². The van der Waals surface area contributed by atoms with E-state index in [0.29, 0.717) is 11.6 Å². The van der Waals surface area contributed by atoms with Gasteiger partial charge in [0.05, 0.1) is 22.9 Å². The average molecular weight is 351 g/mol. The minimum Gasteiger partial charge on any atom is -0.464 e. The van der Waals surface area contributed by atoms with Crippen LogP contribution in [0, 0.1) is 6.92 Å². The van der Waals surface area contributed by atoms with E-state index >= 15 is 0 Å². The topological polar surface area (TPSA) is 53.7 Å². The molecule has 6 heteroatoms. The minimum absolute atomic E-state index is 0.361. The summed E-state index contributed by atoms with van der Waals surface area (Å²) in [4.78, 5) is 4.31. The number of hydrogen-bond acceptors (Lipinski definition) is 5. The van der Waals surface area contributed by atoms with Gasteiger partial charge in [-0.05, 0) is 69.9 Å². The van der Waals surface area contributed by atoms with Crippen LogP contribution in [0.25, 0.3) is 11.0 Å². The van der Waals surface area contributed by atoms with Crippen LogP contribution in [0.4, 0.5) is 0 Å². The lowest BCUT2D eigenvalue weighted by atomic mass is 9.76. The molecule has 0 aliphatic carbocycles. The standard InChI is InChI=1S/C20H22BNO4/c1-13-12-14(24-18-15-9-11-23-17(15)8-10-22-18)6-7-16(13)21-25-19(2,3)20(4,5)26-21/h6-12H,1-5H3. The van der Waals surface area contributed by atoms with Gasteiger partial charge in [0.25, 0.3) is 0 Å². The summed E-state index contributed by atoms with van der Waals surface area (Å²) in [5, 5.41) is 0.847. The van der Waals surface area contributed by atoms with E-state index < -0.39 is 0 Å².